The molecule has 0 fully saturated rings. The van der Waals surface area contributed by atoms with Crippen LogP contribution in [-0.2, 0) is 5.41 Å². The number of oxazole rings is 1. The molecule has 12 rings (SSSR count). The lowest BCUT2D eigenvalue weighted by molar-refractivity contribution is 0.614. The highest BCUT2D eigenvalue weighted by molar-refractivity contribution is 6.09. The maximum absolute atomic E-state index is 6.33. The van der Waals surface area contributed by atoms with E-state index in [9.17, 15) is 0 Å². The summed E-state index contributed by atoms with van der Waals surface area (Å²) in [4.78, 5) is 20.5. The van der Waals surface area contributed by atoms with Crippen molar-refractivity contribution in [3.63, 3.8) is 0 Å². The van der Waals surface area contributed by atoms with Gasteiger partial charge in [0.25, 0.3) is 0 Å². The molecule has 6 heteroatoms. The van der Waals surface area contributed by atoms with Crippen LogP contribution in [0.15, 0.2) is 192 Å². The second-order valence-corrected chi connectivity index (χ2v) is 16.3. The smallest absolute Gasteiger partial charge is 0.238 e. The van der Waals surface area contributed by atoms with Gasteiger partial charge in [-0.1, -0.05) is 153 Å². The molecule has 3 aromatic heterocycles. The van der Waals surface area contributed by atoms with Crippen molar-refractivity contribution in [1.29, 1.82) is 0 Å². The molecule has 1 aliphatic rings. The van der Waals surface area contributed by atoms with E-state index >= 15 is 0 Å². The summed E-state index contributed by atoms with van der Waals surface area (Å²) in [6.45, 7) is 4.60. The monoisotopic (exact) mass is 783 g/mol. The molecule has 8 aromatic carbocycles. The third-order valence-corrected chi connectivity index (χ3v) is 12.3. The zero-order chi connectivity index (χ0) is 40.7. The van der Waals surface area contributed by atoms with Crippen LogP contribution in [0.5, 0.6) is 0 Å². The Bertz CT molecular complexity index is 3440. The molecule has 3 heterocycles. The Morgan fingerprint density at radius 1 is 0.410 bits per heavy atom. The van der Waals surface area contributed by atoms with Gasteiger partial charge in [-0.05, 0) is 93.0 Å². The minimum Gasteiger partial charge on any atom is -0.436 e. The van der Waals surface area contributed by atoms with Crippen molar-refractivity contribution in [2.75, 3.05) is 0 Å². The van der Waals surface area contributed by atoms with Gasteiger partial charge in [0.05, 0.1) is 11.0 Å². The summed E-state index contributed by atoms with van der Waals surface area (Å²) in [6.07, 6.45) is 0. The average Bonchev–Trinajstić information content (AvgIpc) is 3.97. The third-order valence-electron chi connectivity index (χ3n) is 12.3. The lowest BCUT2D eigenvalue weighted by atomic mass is 9.81. The van der Waals surface area contributed by atoms with E-state index in [-0.39, 0.29) is 5.41 Å². The Morgan fingerprint density at radius 2 is 0.951 bits per heavy atom. The lowest BCUT2D eigenvalue weighted by Crippen LogP contribution is -2.15. The number of hydrogen-bond donors (Lipinski definition) is 0. The minimum absolute atomic E-state index is 0.247. The topological polar surface area (TPSA) is 69.6 Å². The van der Waals surface area contributed by atoms with Crippen LogP contribution in [0.1, 0.15) is 25.0 Å². The van der Waals surface area contributed by atoms with E-state index in [0.717, 1.165) is 71.8 Å². The van der Waals surface area contributed by atoms with Crippen molar-refractivity contribution in [3.05, 3.63) is 199 Å². The van der Waals surface area contributed by atoms with Crippen LogP contribution in [0.25, 0.3) is 106 Å². The molecule has 0 aliphatic heterocycles. The summed E-state index contributed by atoms with van der Waals surface area (Å²) in [7, 11) is 0. The molecule has 0 atom stereocenters. The Balaban J connectivity index is 0.966. The molecule has 288 valence electrons. The van der Waals surface area contributed by atoms with Crippen molar-refractivity contribution in [3.8, 4) is 73.6 Å². The van der Waals surface area contributed by atoms with E-state index < -0.39 is 0 Å². The zero-order valence-electron chi connectivity index (χ0n) is 33.5. The van der Waals surface area contributed by atoms with Gasteiger partial charge in [-0.15, -0.1) is 0 Å². The highest BCUT2D eigenvalue weighted by Gasteiger charge is 2.36. The molecular formula is C55H37N5O. The molecule has 11 aromatic rings. The molecular weight excluding hydrogens is 747 g/mol. The largest absolute Gasteiger partial charge is 0.436 e. The molecule has 0 N–H and O–H groups in total. The van der Waals surface area contributed by atoms with Crippen LogP contribution in [0.2, 0.25) is 0 Å². The zero-order valence-corrected chi connectivity index (χ0v) is 33.5. The predicted octanol–water partition coefficient (Wildman–Crippen LogP) is 13.8. The molecule has 0 radical (unpaired) electrons. The van der Waals surface area contributed by atoms with Crippen molar-refractivity contribution in [2.45, 2.75) is 19.3 Å². The second-order valence-electron chi connectivity index (χ2n) is 16.3. The number of rotatable bonds is 6. The minimum atomic E-state index is -0.247. The first kappa shape index (κ1) is 35.0. The average molecular weight is 784 g/mol. The summed E-state index contributed by atoms with van der Waals surface area (Å²) >= 11 is 0. The molecule has 0 spiro atoms. The van der Waals surface area contributed by atoms with Crippen LogP contribution in [-0.4, -0.2) is 24.5 Å². The maximum atomic E-state index is 6.33. The fraction of sp³-hybridized carbons (Fsp3) is 0.0545. The first-order valence-corrected chi connectivity index (χ1v) is 20.6. The van der Waals surface area contributed by atoms with Crippen molar-refractivity contribution in [2.24, 2.45) is 0 Å². The number of benzene rings is 8. The van der Waals surface area contributed by atoms with Gasteiger partial charge in [0.1, 0.15) is 5.52 Å². The van der Waals surface area contributed by atoms with Gasteiger partial charge in [0.15, 0.2) is 17.2 Å². The Kier molecular flexibility index (Phi) is 7.78. The lowest BCUT2D eigenvalue weighted by Gasteiger charge is -2.22. The quantitative estimate of drug-likeness (QED) is 0.168. The summed E-state index contributed by atoms with van der Waals surface area (Å²) in [5, 5.41) is 2.30. The van der Waals surface area contributed by atoms with Crippen molar-refractivity contribution >= 4 is 32.9 Å². The molecule has 61 heavy (non-hydrogen) atoms. The van der Waals surface area contributed by atoms with Gasteiger partial charge in [0.2, 0.25) is 11.8 Å². The highest BCUT2D eigenvalue weighted by Crippen LogP contribution is 2.51. The molecule has 0 amide bonds. The van der Waals surface area contributed by atoms with E-state index in [2.05, 4.69) is 170 Å². The van der Waals surface area contributed by atoms with Crippen LogP contribution in [0.3, 0.4) is 0 Å². The molecule has 0 saturated carbocycles. The SMILES string of the molecule is CC1(C)c2cc(-c3cccc(-c4nc(-c5ccc(-c6ccccc6)cc5)nc(-n5c6ccccc6c6ccccc65)n4)c3)ccc2-c2cc3nc(-c4ccccc4)oc3cc21. The predicted molar refractivity (Wildman–Crippen MR) is 246 cm³/mol. The molecule has 0 bridgehead atoms. The van der Waals surface area contributed by atoms with E-state index in [1.165, 1.54) is 22.3 Å². The number of para-hydroxylation sites is 2. The first-order chi connectivity index (χ1) is 30.0. The molecule has 0 unspecified atom stereocenters. The fourth-order valence-electron chi connectivity index (χ4n) is 9.18. The standard InChI is InChI=1S/C55H37N5O/c1-55(2)45-31-39(28-29-41(45)44-32-47-50(33-46(44)55)61-53(56-47)37-16-7-4-8-17-37)38-18-13-19-40(30-38)52-57-51(36-26-24-35(25-27-36)34-14-5-3-6-15-34)58-54(59-52)60-48-22-11-9-20-42(48)43-21-10-12-23-49(43)60/h3-33H,1-2H3. The third kappa shape index (κ3) is 5.71. The second kappa shape index (κ2) is 13.5. The molecule has 1 aliphatic carbocycles. The van der Waals surface area contributed by atoms with Gasteiger partial charge in [-0.2, -0.15) is 9.97 Å². The van der Waals surface area contributed by atoms with E-state index in [1.54, 1.807) is 0 Å². The summed E-state index contributed by atoms with van der Waals surface area (Å²) in [6, 6.07) is 65.6. The van der Waals surface area contributed by atoms with E-state index in [4.69, 9.17) is 24.4 Å². The normalized spacial score (nSPS) is 12.9. The van der Waals surface area contributed by atoms with Crippen LogP contribution in [0.4, 0.5) is 0 Å². The Hall–Kier alpha value is -7.96. The van der Waals surface area contributed by atoms with E-state index in [1.807, 2.05) is 36.4 Å². The summed E-state index contributed by atoms with van der Waals surface area (Å²) in [5.74, 6) is 2.43. The van der Waals surface area contributed by atoms with Crippen LogP contribution in [0, 0.1) is 0 Å². The highest BCUT2D eigenvalue weighted by atomic mass is 16.3. The van der Waals surface area contributed by atoms with Crippen LogP contribution < -0.4 is 0 Å². The maximum Gasteiger partial charge on any atom is 0.238 e. The number of fused-ring (bicyclic) bond motifs is 7. The van der Waals surface area contributed by atoms with Gasteiger partial charge in [-0.25, -0.2) is 9.97 Å². The molecule has 0 saturated heterocycles. The number of nitrogens with zero attached hydrogens (tertiary/aromatic N) is 5. The van der Waals surface area contributed by atoms with Crippen molar-refractivity contribution in [1.82, 2.24) is 24.5 Å². The number of hydrogen-bond acceptors (Lipinski definition) is 5. The van der Waals surface area contributed by atoms with Gasteiger partial charge in [0, 0.05) is 32.9 Å². The van der Waals surface area contributed by atoms with Gasteiger partial charge in [-0.3, -0.25) is 4.57 Å². The first-order valence-electron chi connectivity index (χ1n) is 20.6. The molecule has 6 nitrogen and oxygen atoms in total. The Labute approximate surface area is 352 Å². The Morgan fingerprint density at radius 3 is 1.67 bits per heavy atom. The van der Waals surface area contributed by atoms with Gasteiger partial charge < -0.3 is 4.42 Å². The fourth-order valence-corrected chi connectivity index (χ4v) is 9.18. The number of aromatic nitrogens is 5. The van der Waals surface area contributed by atoms with Crippen LogP contribution >= 0.6 is 0 Å². The van der Waals surface area contributed by atoms with Crippen molar-refractivity contribution < 1.29 is 4.42 Å². The summed E-state index contributed by atoms with van der Waals surface area (Å²) in [5.41, 5.74) is 15.8. The summed E-state index contributed by atoms with van der Waals surface area (Å²) < 4.78 is 8.49. The van der Waals surface area contributed by atoms with E-state index in [0.29, 0.717) is 23.5 Å². The van der Waals surface area contributed by atoms with Gasteiger partial charge >= 0.3 is 0 Å².